The molecule has 28 heavy (non-hydrogen) atoms. The summed E-state index contributed by atoms with van der Waals surface area (Å²) in [7, 11) is 0. The van der Waals surface area contributed by atoms with Gasteiger partial charge in [-0.1, -0.05) is 26.0 Å². The monoisotopic (exact) mass is 384 g/mol. The third-order valence-corrected chi connectivity index (χ3v) is 3.97. The number of hydrogen-bond acceptors (Lipinski definition) is 4. The first kappa shape index (κ1) is 21.0. The van der Waals surface area contributed by atoms with E-state index >= 15 is 0 Å². The van der Waals surface area contributed by atoms with Crippen LogP contribution in [0, 0.1) is 0 Å². The molecule has 2 amide bonds. The minimum atomic E-state index is -0.976. The van der Waals surface area contributed by atoms with Crippen LogP contribution in [0.1, 0.15) is 42.1 Å². The number of hydrogen-bond donors (Lipinski definition) is 3. The van der Waals surface area contributed by atoms with Crippen LogP contribution in [0.2, 0.25) is 0 Å². The van der Waals surface area contributed by atoms with Crippen LogP contribution in [0.25, 0.3) is 0 Å². The molecular formula is C21H24N2O5. The summed E-state index contributed by atoms with van der Waals surface area (Å²) in [5.74, 6) is -0.608. The average molecular weight is 384 g/mol. The van der Waals surface area contributed by atoms with Crippen LogP contribution in [0.15, 0.2) is 48.5 Å². The van der Waals surface area contributed by atoms with Crippen molar-refractivity contribution in [2.45, 2.75) is 26.2 Å². The molecular weight excluding hydrogens is 360 g/mol. The van der Waals surface area contributed by atoms with Crippen molar-refractivity contribution in [1.29, 1.82) is 0 Å². The van der Waals surface area contributed by atoms with Crippen LogP contribution in [0.5, 0.6) is 5.75 Å². The van der Waals surface area contributed by atoms with Crippen LogP contribution >= 0.6 is 0 Å². The van der Waals surface area contributed by atoms with Crippen LogP contribution in [0.4, 0.5) is 5.69 Å². The summed E-state index contributed by atoms with van der Waals surface area (Å²) in [6.07, 6.45) is -0.139. The molecule has 0 radical (unpaired) electrons. The number of nitrogens with one attached hydrogen (secondary N) is 2. The third kappa shape index (κ3) is 6.75. The fraction of sp³-hybridized carbons (Fsp3) is 0.286. The van der Waals surface area contributed by atoms with Crippen LogP contribution in [-0.2, 0) is 9.59 Å². The van der Waals surface area contributed by atoms with Gasteiger partial charge in [0.25, 0.3) is 11.8 Å². The van der Waals surface area contributed by atoms with Gasteiger partial charge in [-0.2, -0.15) is 0 Å². The highest BCUT2D eigenvalue weighted by Crippen LogP contribution is 2.18. The Morgan fingerprint density at radius 3 is 2.21 bits per heavy atom. The molecule has 0 spiro atoms. The Bertz CT molecular complexity index is 814. The number of anilines is 1. The molecule has 0 aromatic heterocycles. The number of carboxylic acid groups (broad SMARTS) is 1. The molecule has 0 aliphatic carbocycles. The molecule has 7 nitrogen and oxygen atoms in total. The van der Waals surface area contributed by atoms with Gasteiger partial charge in [0, 0.05) is 17.8 Å². The van der Waals surface area contributed by atoms with Crippen molar-refractivity contribution in [3.8, 4) is 5.75 Å². The number of benzene rings is 2. The lowest BCUT2D eigenvalue weighted by Gasteiger charge is -2.10. The third-order valence-electron chi connectivity index (χ3n) is 3.97. The van der Waals surface area contributed by atoms with E-state index in [-0.39, 0.29) is 31.4 Å². The summed E-state index contributed by atoms with van der Waals surface area (Å²) in [6.45, 7) is 4.14. The Morgan fingerprint density at radius 2 is 1.64 bits per heavy atom. The average Bonchev–Trinajstić information content (AvgIpc) is 2.67. The van der Waals surface area contributed by atoms with Crippen LogP contribution < -0.4 is 15.4 Å². The molecule has 2 aromatic carbocycles. The van der Waals surface area contributed by atoms with Gasteiger partial charge in [-0.3, -0.25) is 14.4 Å². The van der Waals surface area contributed by atoms with Crippen molar-refractivity contribution >= 4 is 23.5 Å². The van der Waals surface area contributed by atoms with Gasteiger partial charge in [-0.05, 0) is 47.9 Å². The second-order valence-corrected chi connectivity index (χ2v) is 6.54. The standard InChI is InChI=1S/C21H24N2O5/c1-14(2)15-5-9-18(10-6-15)28-13-19(24)23-17-7-3-16(4-8-17)21(27)22-12-11-20(25)26/h3-10,14H,11-13H2,1-2H3,(H,22,27)(H,23,24)(H,25,26). The van der Waals surface area contributed by atoms with Crippen molar-refractivity contribution in [3.63, 3.8) is 0 Å². The lowest BCUT2D eigenvalue weighted by atomic mass is 10.0. The van der Waals surface area contributed by atoms with E-state index < -0.39 is 5.97 Å². The molecule has 3 N–H and O–H groups in total. The number of carbonyl (C=O) groups excluding carboxylic acids is 2. The van der Waals surface area contributed by atoms with E-state index in [1.165, 1.54) is 5.56 Å². The van der Waals surface area contributed by atoms with E-state index in [4.69, 9.17) is 9.84 Å². The predicted molar refractivity (Wildman–Crippen MR) is 106 cm³/mol. The molecule has 7 heteroatoms. The molecule has 0 saturated carbocycles. The van der Waals surface area contributed by atoms with Gasteiger partial charge in [0.1, 0.15) is 5.75 Å². The molecule has 0 aliphatic rings. The molecule has 148 valence electrons. The Morgan fingerprint density at radius 1 is 1.00 bits per heavy atom. The number of rotatable bonds is 9. The zero-order valence-electron chi connectivity index (χ0n) is 15.9. The van der Waals surface area contributed by atoms with Gasteiger partial charge >= 0.3 is 5.97 Å². The van der Waals surface area contributed by atoms with E-state index in [1.54, 1.807) is 24.3 Å². The smallest absolute Gasteiger partial charge is 0.305 e. The van der Waals surface area contributed by atoms with Crippen molar-refractivity contribution < 1.29 is 24.2 Å². The number of carbonyl (C=O) groups is 3. The number of ether oxygens (including phenoxy) is 1. The summed E-state index contributed by atoms with van der Waals surface area (Å²) in [5, 5.41) is 13.8. The highest BCUT2D eigenvalue weighted by Gasteiger charge is 2.08. The second kappa shape index (κ2) is 10.1. The van der Waals surface area contributed by atoms with E-state index in [9.17, 15) is 14.4 Å². The first-order valence-corrected chi connectivity index (χ1v) is 8.98. The van der Waals surface area contributed by atoms with E-state index in [0.29, 0.717) is 22.9 Å². The minimum Gasteiger partial charge on any atom is -0.484 e. The SMILES string of the molecule is CC(C)c1ccc(OCC(=O)Nc2ccc(C(=O)NCCC(=O)O)cc2)cc1. The maximum Gasteiger partial charge on any atom is 0.305 e. The summed E-state index contributed by atoms with van der Waals surface area (Å²) in [4.78, 5) is 34.3. The number of aliphatic carboxylic acids is 1. The molecule has 0 unspecified atom stereocenters. The fourth-order valence-electron chi connectivity index (χ4n) is 2.38. The highest BCUT2D eigenvalue weighted by molar-refractivity contribution is 5.96. The quantitative estimate of drug-likeness (QED) is 0.616. The summed E-state index contributed by atoms with van der Waals surface area (Å²) >= 11 is 0. The van der Waals surface area contributed by atoms with E-state index in [1.807, 2.05) is 24.3 Å². The van der Waals surface area contributed by atoms with Gasteiger partial charge in [0.15, 0.2) is 6.61 Å². The Kier molecular flexibility index (Phi) is 7.56. The van der Waals surface area contributed by atoms with Gasteiger partial charge in [0.2, 0.25) is 0 Å². The lowest BCUT2D eigenvalue weighted by Crippen LogP contribution is -2.26. The van der Waals surface area contributed by atoms with Crippen molar-refractivity contribution in [1.82, 2.24) is 5.32 Å². The minimum absolute atomic E-state index is 0.0577. The zero-order chi connectivity index (χ0) is 20.5. The molecule has 0 bridgehead atoms. The molecule has 0 atom stereocenters. The maximum atomic E-state index is 12.0. The predicted octanol–water partition coefficient (Wildman–Crippen LogP) is 3.03. The van der Waals surface area contributed by atoms with E-state index in [2.05, 4.69) is 24.5 Å². The Labute approximate surface area is 163 Å². The lowest BCUT2D eigenvalue weighted by molar-refractivity contribution is -0.136. The topological polar surface area (TPSA) is 105 Å². The van der Waals surface area contributed by atoms with Crippen molar-refractivity contribution in [2.75, 3.05) is 18.5 Å². The van der Waals surface area contributed by atoms with Gasteiger partial charge < -0.3 is 20.5 Å². The van der Waals surface area contributed by atoms with Gasteiger partial charge in [-0.15, -0.1) is 0 Å². The van der Waals surface area contributed by atoms with Gasteiger partial charge in [0.05, 0.1) is 6.42 Å². The Balaban J connectivity index is 1.80. The van der Waals surface area contributed by atoms with Crippen LogP contribution in [-0.4, -0.2) is 36.0 Å². The summed E-state index contributed by atoms with van der Waals surface area (Å²) in [6, 6.07) is 13.9. The fourth-order valence-corrected chi connectivity index (χ4v) is 2.38. The number of carboxylic acids is 1. The second-order valence-electron chi connectivity index (χ2n) is 6.54. The molecule has 0 aliphatic heterocycles. The summed E-state index contributed by atoms with van der Waals surface area (Å²) in [5.41, 5.74) is 2.11. The van der Waals surface area contributed by atoms with E-state index in [0.717, 1.165) is 0 Å². The maximum absolute atomic E-state index is 12.0. The zero-order valence-corrected chi connectivity index (χ0v) is 15.9. The first-order valence-electron chi connectivity index (χ1n) is 8.98. The van der Waals surface area contributed by atoms with Crippen molar-refractivity contribution in [3.05, 3.63) is 59.7 Å². The summed E-state index contributed by atoms with van der Waals surface area (Å²) < 4.78 is 5.48. The highest BCUT2D eigenvalue weighted by atomic mass is 16.5. The van der Waals surface area contributed by atoms with Crippen molar-refractivity contribution in [2.24, 2.45) is 0 Å². The molecule has 0 heterocycles. The van der Waals surface area contributed by atoms with Crippen LogP contribution in [0.3, 0.4) is 0 Å². The normalized spacial score (nSPS) is 10.4. The molecule has 0 fully saturated rings. The van der Waals surface area contributed by atoms with Gasteiger partial charge in [-0.25, -0.2) is 0 Å². The molecule has 2 aromatic rings. The molecule has 2 rings (SSSR count). The number of amides is 2. The Hall–Kier alpha value is -3.35. The largest absolute Gasteiger partial charge is 0.484 e. The first-order chi connectivity index (χ1) is 13.3. The molecule has 0 saturated heterocycles.